The molecule has 0 aliphatic carbocycles. The van der Waals surface area contributed by atoms with Crippen molar-refractivity contribution >= 4 is 11.0 Å². The molecular weight excluding hydrogens is 312 g/mol. The van der Waals surface area contributed by atoms with Gasteiger partial charge in [-0.2, -0.15) is 0 Å². The summed E-state index contributed by atoms with van der Waals surface area (Å²) in [4.78, 5) is 8.97. The number of rotatable bonds is 5. The summed E-state index contributed by atoms with van der Waals surface area (Å²) in [6, 6.07) is 17.8. The normalized spacial score (nSPS) is 12.6. The van der Waals surface area contributed by atoms with Crippen molar-refractivity contribution in [2.24, 2.45) is 0 Å². The van der Waals surface area contributed by atoms with E-state index in [0.717, 1.165) is 35.5 Å². The number of imidazole rings is 2. The summed E-state index contributed by atoms with van der Waals surface area (Å²) in [5, 5.41) is 10.6. The fourth-order valence-corrected chi connectivity index (χ4v) is 3.23. The van der Waals surface area contributed by atoms with E-state index in [1.807, 2.05) is 66.2 Å². The lowest BCUT2D eigenvalue weighted by Gasteiger charge is -2.14. The summed E-state index contributed by atoms with van der Waals surface area (Å²) in [7, 11) is 0. The quantitative estimate of drug-likeness (QED) is 0.610. The molecule has 0 fully saturated rings. The van der Waals surface area contributed by atoms with Crippen LogP contribution in [0.3, 0.4) is 0 Å². The molecule has 0 amide bonds. The third-order valence-electron chi connectivity index (χ3n) is 4.52. The van der Waals surface area contributed by atoms with Crippen LogP contribution in [0.4, 0.5) is 0 Å². The highest BCUT2D eigenvalue weighted by Gasteiger charge is 2.16. The lowest BCUT2D eigenvalue weighted by molar-refractivity contribution is 0.204. The smallest absolute Gasteiger partial charge is 0.142 e. The van der Waals surface area contributed by atoms with Crippen molar-refractivity contribution in [2.45, 2.75) is 26.1 Å². The summed E-state index contributed by atoms with van der Waals surface area (Å²) < 4.78 is 4.21. The van der Waals surface area contributed by atoms with Gasteiger partial charge in [-0.15, -0.1) is 0 Å². The van der Waals surface area contributed by atoms with E-state index in [9.17, 15) is 5.11 Å². The van der Waals surface area contributed by atoms with E-state index in [2.05, 4.69) is 20.6 Å². The summed E-state index contributed by atoms with van der Waals surface area (Å²) in [6.45, 7) is 3.52. The summed E-state index contributed by atoms with van der Waals surface area (Å²) in [5.41, 5.74) is 2.99. The van der Waals surface area contributed by atoms with Gasteiger partial charge in [-0.3, -0.25) is 0 Å². The molecule has 4 aromatic rings. The van der Waals surface area contributed by atoms with Gasteiger partial charge < -0.3 is 14.2 Å². The van der Waals surface area contributed by atoms with Crippen molar-refractivity contribution in [3.05, 3.63) is 84.2 Å². The van der Waals surface area contributed by atoms with Crippen LogP contribution >= 0.6 is 0 Å². The largest absolute Gasteiger partial charge is 0.380 e. The average molecular weight is 332 g/mol. The molecule has 0 saturated carbocycles. The van der Waals surface area contributed by atoms with Crippen LogP contribution in [0.25, 0.3) is 11.0 Å². The van der Waals surface area contributed by atoms with Gasteiger partial charge in [0.25, 0.3) is 0 Å². The lowest BCUT2D eigenvalue weighted by atomic mass is 10.1. The molecule has 5 nitrogen and oxygen atoms in total. The van der Waals surface area contributed by atoms with Gasteiger partial charge in [0.2, 0.25) is 0 Å². The van der Waals surface area contributed by atoms with Crippen molar-refractivity contribution < 1.29 is 5.11 Å². The number of fused-ring (bicyclic) bond motifs is 1. The first-order valence-corrected chi connectivity index (χ1v) is 8.40. The molecule has 126 valence electrons. The number of aryl methyl sites for hydroxylation is 3. The number of aliphatic hydroxyl groups excluding tert-OH is 1. The third-order valence-corrected chi connectivity index (χ3v) is 4.52. The van der Waals surface area contributed by atoms with Crippen LogP contribution in [0.2, 0.25) is 0 Å². The highest BCUT2D eigenvalue weighted by atomic mass is 16.3. The molecule has 1 atom stereocenters. The molecule has 2 aromatic carbocycles. The monoisotopic (exact) mass is 332 g/mol. The molecule has 0 aliphatic heterocycles. The Morgan fingerprint density at radius 1 is 1.00 bits per heavy atom. The number of aliphatic hydroxyl groups is 1. The van der Waals surface area contributed by atoms with E-state index in [4.69, 9.17) is 0 Å². The first-order chi connectivity index (χ1) is 12.2. The molecular formula is C20H20N4O. The number of aromatic nitrogens is 4. The Kier molecular flexibility index (Phi) is 4.07. The predicted octanol–water partition coefficient (Wildman–Crippen LogP) is 3.32. The van der Waals surface area contributed by atoms with Crippen LogP contribution in [-0.2, 0) is 13.1 Å². The number of benzene rings is 2. The Labute approximate surface area is 146 Å². The van der Waals surface area contributed by atoms with Crippen LogP contribution in [0.1, 0.15) is 23.3 Å². The van der Waals surface area contributed by atoms with Crippen LogP contribution in [-0.4, -0.2) is 24.2 Å². The second-order valence-corrected chi connectivity index (χ2v) is 6.09. The van der Waals surface area contributed by atoms with E-state index in [1.165, 1.54) is 0 Å². The SMILES string of the molecule is Cc1nc2ccccc2n1CCn1ccnc1[C@@H](O)c1ccccc1. The molecule has 1 N–H and O–H groups in total. The van der Waals surface area contributed by atoms with Crippen molar-refractivity contribution in [1.29, 1.82) is 0 Å². The molecule has 2 aromatic heterocycles. The zero-order valence-electron chi connectivity index (χ0n) is 14.1. The second-order valence-electron chi connectivity index (χ2n) is 6.09. The van der Waals surface area contributed by atoms with E-state index in [1.54, 1.807) is 6.20 Å². The maximum atomic E-state index is 10.6. The van der Waals surface area contributed by atoms with Gasteiger partial charge in [0.15, 0.2) is 0 Å². The standard InChI is InChI=1S/C20H20N4O/c1-15-22-17-9-5-6-10-18(17)24(15)14-13-23-12-11-21-20(23)19(25)16-7-3-2-4-8-16/h2-12,19,25H,13-14H2,1H3/t19-/m0/s1. The molecule has 0 saturated heterocycles. The van der Waals surface area contributed by atoms with Crippen molar-refractivity contribution in [3.8, 4) is 0 Å². The topological polar surface area (TPSA) is 55.9 Å². The molecule has 0 unspecified atom stereocenters. The number of hydrogen-bond acceptors (Lipinski definition) is 3. The van der Waals surface area contributed by atoms with Gasteiger partial charge in [-0.25, -0.2) is 9.97 Å². The maximum Gasteiger partial charge on any atom is 0.142 e. The van der Waals surface area contributed by atoms with Gasteiger partial charge in [0.05, 0.1) is 11.0 Å². The molecule has 25 heavy (non-hydrogen) atoms. The average Bonchev–Trinajstić information content (AvgIpc) is 3.23. The molecule has 4 rings (SSSR count). The van der Waals surface area contributed by atoms with E-state index in [-0.39, 0.29) is 0 Å². The number of para-hydroxylation sites is 2. The summed E-state index contributed by atoms with van der Waals surface area (Å²) >= 11 is 0. The first-order valence-electron chi connectivity index (χ1n) is 8.40. The Bertz CT molecular complexity index is 987. The van der Waals surface area contributed by atoms with Crippen molar-refractivity contribution in [1.82, 2.24) is 19.1 Å². The zero-order chi connectivity index (χ0) is 17.2. The van der Waals surface area contributed by atoms with Crippen molar-refractivity contribution in [3.63, 3.8) is 0 Å². The van der Waals surface area contributed by atoms with Crippen LogP contribution in [0.5, 0.6) is 0 Å². The molecule has 0 radical (unpaired) electrons. The van der Waals surface area contributed by atoms with Gasteiger partial charge in [0, 0.05) is 25.5 Å². The van der Waals surface area contributed by atoms with Gasteiger partial charge in [-0.05, 0) is 24.6 Å². The van der Waals surface area contributed by atoms with E-state index < -0.39 is 6.10 Å². The van der Waals surface area contributed by atoms with E-state index >= 15 is 0 Å². The molecule has 0 spiro atoms. The summed E-state index contributed by atoms with van der Waals surface area (Å²) in [6.07, 6.45) is 2.92. The van der Waals surface area contributed by atoms with Gasteiger partial charge >= 0.3 is 0 Å². The Morgan fingerprint density at radius 2 is 1.76 bits per heavy atom. The van der Waals surface area contributed by atoms with Crippen molar-refractivity contribution in [2.75, 3.05) is 0 Å². The summed E-state index contributed by atoms with van der Waals surface area (Å²) in [5.74, 6) is 1.65. The number of hydrogen-bond donors (Lipinski definition) is 1. The van der Waals surface area contributed by atoms with E-state index in [0.29, 0.717) is 5.82 Å². The highest BCUT2D eigenvalue weighted by molar-refractivity contribution is 5.75. The van der Waals surface area contributed by atoms with Gasteiger partial charge in [-0.1, -0.05) is 42.5 Å². The van der Waals surface area contributed by atoms with Crippen LogP contribution in [0, 0.1) is 6.92 Å². The second kappa shape index (κ2) is 6.53. The number of nitrogens with zero attached hydrogens (tertiary/aromatic N) is 4. The van der Waals surface area contributed by atoms with Gasteiger partial charge in [0.1, 0.15) is 17.8 Å². The first kappa shape index (κ1) is 15.6. The molecule has 0 aliphatic rings. The minimum atomic E-state index is -0.725. The molecule has 2 heterocycles. The molecule has 5 heteroatoms. The fourth-order valence-electron chi connectivity index (χ4n) is 3.23. The zero-order valence-corrected chi connectivity index (χ0v) is 14.1. The van der Waals surface area contributed by atoms with Crippen LogP contribution < -0.4 is 0 Å². The Morgan fingerprint density at radius 3 is 2.60 bits per heavy atom. The minimum absolute atomic E-state index is 0.660. The highest BCUT2D eigenvalue weighted by Crippen LogP contribution is 2.21. The van der Waals surface area contributed by atoms with Crippen LogP contribution in [0.15, 0.2) is 67.0 Å². The minimum Gasteiger partial charge on any atom is -0.380 e. The Hall–Kier alpha value is -2.92. The third kappa shape index (κ3) is 2.94. The fraction of sp³-hybridized carbons (Fsp3) is 0.200. The molecule has 0 bridgehead atoms. The Balaban J connectivity index is 1.58. The lowest BCUT2D eigenvalue weighted by Crippen LogP contribution is -2.14. The maximum absolute atomic E-state index is 10.6. The predicted molar refractivity (Wildman–Crippen MR) is 97.2 cm³/mol.